The molecule has 0 amide bonds. The minimum atomic E-state index is 0.662. The summed E-state index contributed by atoms with van der Waals surface area (Å²) in [5.74, 6) is 4.03. The molecule has 1 saturated carbocycles. The summed E-state index contributed by atoms with van der Waals surface area (Å²) in [5.41, 5.74) is 0.662. The first-order valence-corrected chi connectivity index (χ1v) is 14.6. The molecule has 0 aromatic rings. The van der Waals surface area contributed by atoms with Crippen molar-refractivity contribution >= 4 is 0 Å². The average molecular weight is 421 g/mol. The van der Waals surface area contributed by atoms with E-state index in [9.17, 15) is 0 Å². The molecule has 0 spiro atoms. The molecule has 0 nitrogen and oxygen atoms in total. The quantitative estimate of drug-likeness (QED) is 0.193. The number of hydrogen-bond acceptors (Lipinski definition) is 0. The van der Waals surface area contributed by atoms with Crippen LogP contribution in [0.3, 0.4) is 0 Å². The van der Waals surface area contributed by atoms with Crippen molar-refractivity contribution in [3.05, 3.63) is 0 Å². The molecular weight excluding hydrogens is 360 g/mol. The van der Waals surface area contributed by atoms with Gasteiger partial charge in [-0.25, -0.2) is 0 Å². The smallest absolute Gasteiger partial charge is 0.0238 e. The van der Waals surface area contributed by atoms with Gasteiger partial charge in [-0.05, 0) is 61.2 Å². The van der Waals surface area contributed by atoms with Crippen LogP contribution in [-0.4, -0.2) is 0 Å². The predicted octanol–water partition coefficient (Wildman–Crippen LogP) is 11.0. The van der Waals surface area contributed by atoms with Crippen molar-refractivity contribution in [1.29, 1.82) is 0 Å². The Hall–Kier alpha value is 0. The first kappa shape index (κ1) is 28.0. The molecule has 0 aliphatic heterocycles. The molecule has 5 atom stereocenters. The van der Waals surface area contributed by atoms with Gasteiger partial charge in [0.05, 0.1) is 0 Å². The van der Waals surface area contributed by atoms with Crippen LogP contribution in [0.4, 0.5) is 0 Å². The Morgan fingerprint density at radius 3 is 1.77 bits per heavy atom. The standard InChI is InChI=1S/C30H60/c1-7-13-16-19-24-30(23-11-5)27(21-17-14-8-2)25-26(12-6)28(20-10-4)29(30)22-18-15-9-3/h26-29H,7-25H2,1-6H3. The minimum absolute atomic E-state index is 0.662. The van der Waals surface area contributed by atoms with Gasteiger partial charge in [0.15, 0.2) is 0 Å². The van der Waals surface area contributed by atoms with Crippen LogP contribution >= 0.6 is 0 Å². The summed E-state index contributed by atoms with van der Waals surface area (Å²) in [6.07, 6.45) is 27.8. The van der Waals surface area contributed by atoms with Gasteiger partial charge in [-0.1, -0.05) is 131 Å². The second kappa shape index (κ2) is 16.6. The normalized spacial score (nSPS) is 29.4. The molecule has 0 bridgehead atoms. The van der Waals surface area contributed by atoms with Gasteiger partial charge in [-0.15, -0.1) is 0 Å². The Bertz CT molecular complexity index is 385. The van der Waals surface area contributed by atoms with Crippen LogP contribution in [0.5, 0.6) is 0 Å². The van der Waals surface area contributed by atoms with Crippen molar-refractivity contribution in [3.8, 4) is 0 Å². The van der Waals surface area contributed by atoms with Gasteiger partial charge in [0.1, 0.15) is 0 Å². The SMILES string of the molecule is CCCCCCC1(CCC)C(CCCCC)CC(CC)C(CCC)C1CCCCC. The highest BCUT2D eigenvalue weighted by molar-refractivity contribution is 5.01. The Labute approximate surface area is 192 Å². The fourth-order valence-corrected chi connectivity index (χ4v) is 7.48. The lowest BCUT2D eigenvalue weighted by Gasteiger charge is -2.57. The third-order valence-corrected chi connectivity index (χ3v) is 8.89. The number of unbranched alkanes of at least 4 members (excludes halogenated alkanes) is 7. The molecule has 30 heavy (non-hydrogen) atoms. The molecule has 0 aromatic carbocycles. The minimum Gasteiger partial charge on any atom is -0.0654 e. The van der Waals surface area contributed by atoms with Gasteiger partial charge in [0, 0.05) is 0 Å². The summed E-state index contributed by atoms with van der Waals surface area (Å²) in [7, 11) is 0. The van der Waals surface area contributed by atoms with Crippen molar-refractivity contribution in [2.45, 2.75) is 164 Å². The van der Waals surface area contributed by atoms with Gasteiger partial charge < -0.3 is 0 Å². The fraction of sp³-hybridized carbons (Fsp3) is 1.00. The van der Waals surface area contributed by atoms with Crippen molar-refractivity contribution in [1.82, 2.24) is 0 Å². The summed E-state index contributed by atoms with van der Waals surface area (Å²) >= 11 is 0. The van der Waals surface area contributed by atoms with Crippen LogP contribution in [0.2, 0.25) is 0 Å². The van der Waals surface area contributed by atoms with Crippen LogP contribution in [-0.2, 0) is 0 Å². The molecule has 1 rings (SSSR count). The molecule has 0 aromatic heterocycles. The maximum absolute atomic E-state index is 2.51. The van der Waals surface area contributed by atoms with E-state index in [4.69, 9.17) is 0 Å². The lowest BCUT2D eigenvalue weighted by molar-refractivity contribution is -0.0797. The third-order valence-electron chi connectivity index (χ3n) is 8.89. The highest BCUT2D eigenvalue weighted by Gasteiger charge is 2.51. The fourth-order valence-electron chi connectivity index (χ4n) is 7.48. The summed E-state index contributed by atoms with van der Waals surface area (Å²) in [5, 5.41) is 0. The first-order chi connectivity index (χ1) is 14.6. The van der Waals surface area contributed by atoms with E-state index in [-0.39, 0.29) is 0 Å². The maximum Gasteiger partial charge on any atom is -0.0238 e. The van der Waals surface area contributed by atoms with E-state index in [0.717, 1.165) is 23.7 Å². The van der Waals surface area contributed by atoms with E-state index < -0.39 is 0 Å². The second-order valence-electron chi connectivity index (χ2n) is 10.9. The van der Waals surface area contributed by atoms with Gasteiger partial charge in [0.2, 0.25) is 0 Å². The van der Waals surface area contributed by atoms with Crippen LogP contribution < -0.4 is 0 Å². The highest BCUT2D eigenvalue weighted by Crippen LogP contribution is 2.60. The van der Waals surface area contributed by atoms with Crippen molar-refractivity contribution in [2.75, 3.05) is 0 Å². The van der Waals surface area contributed by atoms with E-state index >= 15 is 0 Å². The molecule has 1 fully saturated rings. The molecule has 0 N–H and O–H groups in total. The third kappa shape index (κ3) is 8.16. The van der Waals surface area contributed by atoms with E-state index in [1.54, 1.807) is 12.8 Å². The molecule has 5 unspecified atom stereocenters. The summed E-state index contributed by atoms with van der Waals surface area (Å²) < 4.78 is 0. The molecular formula is C30H60. The summed E-state index contributed by atoms with van der Waals surface area (Å²) in [6, 6.07) is 0. The van der Waals surface area contributed by atoms with E-state index in [2.05, 4.69) is 41.5 Å². The zero-order valence-corrected chi connectivity index (χ0v) is 22.2. The predicted molar refractivity (Wildman–Crippen MR) is 138 cm³/mol. The Morgan fingerprint density at radius 2 is 1.20 bits per heavy atom. The van der Waals surface area contributed by atoms with Crippen molar-refractivity contribution < 1.29 is 0 Å². The van der Waals surface area contributed by atoms with Crippen molar-refractivity contribution in [3.63, 3.8) is 0 Å². The maximum atomic E-state index is 2.51. The van der Waals surface area contributed by atoms with Gasteiger partial charge >= 0.3 is 0 Å². The zero-order chi connectivity index (χ0) is 22.2. The molecule has 0 heteroatoms. The summed E-state index contributed by atoms with van der Waals surface area (Å²) in [4.78, 5) is 0. The second-order valence-corrected chi connectivity index (χ2v) is 10.9. The van der Waals surface area contributed by atoms with E-state index in [1.165, 1.54) is 109 Å². The molecule has 0 heterocycles. The Balaban J connectivity index is 3.25. The van der Waals surface area contributed by atoms with Crippen LogP contribution in [0.25, 0.3) is 0 Å². The number of hydrogen-bond donors (Lipinski definition) is 0. The monoisotopic (exact) mass is 420 g/mol. The summed E-state index contributed by atoms with van der Waals surface area (Å²) in [6.45, 7) is 14.6. The first-order valence-electron chi connectivity index (χ1n) is 14.6. The average Bonchev–Trinajstić information content (AvgIpc) is 2.75. The lowest BCUT2D eigenvalue weighted by atomic mass is 9.48. The van der Waals surface area contributed by atoms with Gasteiger partial charge in [-0.2, -0.15) is 0 Å². The number of rotatable bonds is 18. The van der Waals surface area contributed by atoms with Crippen LogP contribution in [0, 0.1) is 29.1 Å². The Morgan fingerprint density at radius 1 is 0.567 bits per heavy atom. The van der Waals surface area contributed by atoms with Crippen molar-refractivity contribution in [2.24, 2.45) is 29.1 Å². The molecule has 1 aliphatic carbocycles. The Kier molecular flexibility index (Phi) is 15.5. The molecule has 0 radical (unpaired) electrons. The van der Waals surface area contributed by atoms with Crippen LogP contribution in [0.15, 0.2) is 0 Å². The highest BCUT2D eigenvalue weighted by atomic mass is 14.6. The largest absolute Gasteiger partial charge is 0.0654 e. The topological polar surface area (TPSA) is 0 Å². The van der Waals surface area contributed by atoms with Crippen LogP contribution in [0.1, 0.15) is 164 Å². The molecule has 180 valence electrons. The van der Waals surface area contributed by atoms with Gasteiger partial charge in [0.25, 0.3) is 0 Å². The molecule has 1 aliphatic rings. The zero-order valence-electron chi connectivity index (χ0n) is 22.2. The lowest BCUT2D eigenvalue weighted by Crippen LogP contribution is -2.49. The van der Waals surface area contributed by atoms with Gasteiger partial charge in [-0.3, -0.25) is 0 Å². The van der Waals surface area contributed by atoms with E-state index in [0.29, 0.717) is 5.41 Å². The molecule has 0 saturated heterocycles. The van der Waals surface area contributed by atoms with E-state index in [1.807, 2.05) is 0 Å².